The van der Waals surface area contributed by atoms with Crippen LogP contribution in [0.5, 0.6) is 0 Å². The molecule has 0 aromatic heterocycles. The highest BCUT2D eigenvalue weighted by molar-refractivity contribution is 5.84. The van der Waals surface area contributed by atoms with Crippen molar-refractivity contribution >= 4 is 5.78 Å². The summed E-state index contributed by atoms with van der Waals surface area (Å²) in [6, 6.07) is 0. The van der Waals surface area contributed by atoms with Crippen LogP contribution in [0, 0.1) is 5.92 Å². The summed E-state index contributed by atoms with van der Waals surface area (Å²) >= 11 is 0. The van der Waals surface area contributed by atoms with Crippen LogP contribution in [-0.4, -0.2) is 23.5 Å². The molecule has 1 atom stereocenters. The monoisotopic (exact) mass is 145 g/mol. The first kappa shape index (κ1) is 9.59. The normalized spacial score (nSPS) is 13.7. The third kappa shape index (κ3) is 2.94. The number of Topliss-reactive ketones (excluding diaryl/α,β-unsaturated/α-hetero) is 1. The topological polar surface area (TPSA) is 63.3 Å². The average Bonchev–Trinajstić information content (AvgIpc) is 1.87. The molecular weight excluding hydrogens is 130 g/mol. The molecule has 0 saturated heterocycles. The minimum Gasteiger partial charge on any atom is -0.385 e. The minimum absolute atomic E-state index is 0.0958. The molecule has 0 aromatic carbocycles. The Balaban J connectivity index is 3.71. The number of rotatable bonds is 4. The highest BCUT2D eigenvalue weighted by atomic mass is 16.3. The fourth-order valence-corrected chi connectivity index (χ4v) is 0.685. The maximum atomic E-state index is 10.9. The second-order valence-corrected chi connectivity index (χ2v) is 2.65. The summed E-state index contributed by atoms with van der Waals surface area (Å²) in [6.07, 6.45) is -0.484. The first-order valence-corrected chi connectivity index (χ1v) is 3.51. The molecule has 0 rings (SSSR count). The number of hydrogen-bond acceptors (Lipinski definition) is 3. The number of nitrogens with two attached hydrogens (primary N) is 1. The molecule has 0 radical (unpaired) electrons. The molecule has 0 heterocycles. The van der Waals surface area contributed by atoms with Crippen LogP contribution in [0.1, 0.15) is 20.3 Å². The predicted molar refractivity (Wildman–Crippen MR) is 39.5 cm³/mol. The van der Waals surface area contributed by atoms with E-state index in [4.69, 9.17) is 10.8 Å². The van der Waals surface area contributed by atoms with E-state index in [0.29, 0.717) is 13.0 Å². The Bertz CT molecular complexity index is 112. The summed E-state index contributed by atoms with van der Waals surface area (Å²) in [5.74, 6) is -0.216. The van der Waals surface area contributed by atoms with Crippen LogP contribution in [0.4, 0.5) is 0 Å². The van der Waals surface area contributed by atoms with Crippen molar-refractivity contribution in [3.8, 4) is 0 Å². The summed E-state index contributed by atoms with van der Waals surface area (Å²) in [5.41, 5.74) is 5.16. The second kappa shape index (κ2) is 4.41. The molecule has 0 aliphatic heterocycles. The molecule has 3 N–H and O–H groups in total. The van der Waals surface area contributed by atoms with Crippen LogP contribution >= 0.6 is 0 Å². The quantitative estimate of drug-likeness (QED) is 0.581. The van der Waals surface area contributed by atoms with Gasteiger partial charge in [-0.05, 0) is 13.0 Å². The van der Waals surface area contributed by atoms with Crippen LogP contribution in [0.2, 0.25) is 0 Å². The smallest absolute Gasteiger partial charge is 0.163 e. The standard InChI is InChI=1S/C7H15NO2/c1-5(2)7(10)6(9)3-4-8/h5-6,9H,3-4,8H2,1-2H3/t6-/m0/s1. The lowest BCUT2D eigenvalue weighted by molar-refractivity contribution is -0.130. The van der Waals surface area contributed by atoms with Gasteiger partial charge in [0, 0.05) is 5.92 Å². The fourth-order valence-electron chi connectivity index (χ4n) is 0.685. The van der Waals surface area contributed by atoms with Gasteiger partial charge in [-0.3, -0.25) is 4.79 Å². The summed E-state index contributed by atoms with van der Waals surface area (Å²) in [6.45, 7) is 3.89. The summed E-state index contributed by atoms with van der Waals surface area (Å²) in [5, 5.41) is 9.06. The van der Waals surface area contributed by atoms with Gasteiger partial charge in [-0.2, -0.15) is 0 Å². The average molecular weight is 145 g/mol. The molecule has 0 aromatic rings. The molecule has 3 nitrogen and oxygen atoms in total. The van der Waals surface area contributed by atoms with Crippen LogP contribution < -0.4 is 5.73 Å². The third-order valence-corrected chi connectivity index (χ3v) is 1.34. The Morgan fingerprint density at radius 3 is 2.40 bits per heavy atom. The molecule has 0 unspecified atom stereocenters. The van der Waals surface area contributed by atoms with Crippen LogP contribution in [0.25, 0.3) is 0 Å². The van der Waals surface area contributed by atoms with Gasteiger partial charge in [-0.1, -0.05) is 13.8 Å². The Morgan fingerprint density at radius 1 is 1.60 bits per heavy atom. The van der Waals surface area contributed by atoms with E-state index in [9.17, 15) is 4.79 Å². The highest BCUT2D eigenvalue weighted by Crippen LogP contribution is 2.01. The number of aliphatic hydroxyl groups excluding tert-OH is 1. The summed E-state index contributed by atoms with van der Waals surface area (Å²) in [4.78, 5) is 10.9. The van der Waals surface area contributed by atoms with E-state index in [1.807, 2.05) is 0 Å². The molecule has 0 aliphatic carbocycles. The second-order valence-electron chi connectivity index (χ2n) is 2.65. The zero-order chi connectivity index (χ0) is 8.15. The molecule has 0 aliphatic rings. The molecule has 0 fully saturated rings. The largest absolute Gasteiger partial charge is 0.385 e. The maximum Gasteiger partial charge on any atom is 0.163 e. The van der Waals surface area contributed by atoms with Gasteiger partial charge < -0.3 is 10.8 Å². The highest BCUT2D eigenvalue weighted by Gasteiger charge is 2.16. The molecule has 0 spiro atoms. The number of ketones is 1. The van der Waals surface area contributed by atoms with Gasteiger partial charge in [0.25, 0.3) is 0 Å². The van der Waals surface area contributed by atoms with E-state index < -0.39 is 6.10 Å². The number of aliphatic hydroxyl groups is 1. The van der Waals surface area contributed by atoms with Gasteiger partial charge >= 0.3 is 0 Å². The molecule has 0 bridgehead atoms. The predicted octanol–water partition coefficient (Wildman–Crippen LogP) is -0.0788. The van der Waals surface area contributed by atoms with Crippen LogP contribution in [0.3, 0.4) is 0 Å². The number of carbonyl (C=O) groups excluding carboxylic acids is 1. The zero-order valence-corrected chi connectivity index (χ0v) is 6.50. The van der Waals surface area contributed by atoms with Crippen molar-refractivity contribution in [1.82, 2.24) is 0 Å². The van der Waals surface area contributed by atoms with Crippen molar-refractivity contribution in [2.24, 2.45) is 11.7 Å². The third-order valence-electron chi connectivity index (χ3n) is 1.34. The van der Waals surface area contributed by atoms with E-state index in [1.54, 1.807) is 13.8 Å². The lowest BCUT2D eigenvalue weighted by Gasteiger charge is -2.09. The van der Waals surface area contributed by atoms with Gasteiger partial charge in [0.2, 0.25) is 0 Å². The van der Waals surface area contributed by atoms with Crippen molar-refractivity contribution in [2.75, 3.05) is 6.54 Å². The Hall–Kier alpha value is -0.410. The Kier molecular flexibility index (Phi) is 4.23. The van der Waals surface area contributed by atoms with Crippen molar-refractivity contribution in [1.29, 1.82) is 0 Å². The van der Waals surface area contributed by atoms with Gasteiger partial charge in [0.15, 0.2) is 5.78 Å². The van der Waals surface area contributed by atoms with E-state index >= 15 is 0 Å². The van der Waals surface area contributed by atoms with E-state index in [2.05, 4.69) is 0 Å². The van der Waals surface area contributed by atoms with Crippen LogP contribution in [0.15, 0.2) is 0 Å². The van der Waals surface area contributed by atoms with E-state index in [1.165, 1.54) is 0 Å². The number of carbonyl (C=O) groups is 1. The van der Waals surface area contributed by atoms with Crippen molar-refractivity contribution < 1.29 is 9.90 Å². The number of hydrogen-bond donors (Lipinski definition) is 2. The minimum atomic E-state index is -0.856. The maximum absolute atomic E-state index is 10.9. The molecule has 10 heavy (non-hydrogen) atoms. The first-order chi connectivity index (χ1) is 4.59. The van der Waals surface area contributed by atoms with Gasteiger partial charge in [-0.25, -0.2) is 0 Å². The van der Waals surface area contributed by atoms with Crippen molar-refractivity contribution in [3.05, 3.63) is 0 Å². The SMILES string of the molecule is CC(C)C(=O)[C@@H](O)CCN. The summed E-state index contributed by atoms with van der Waals surface area (Å²) in [7, 11) is 0. The molecule has 0 saturated carbocycles. The Morgan fingerprint density at radius 2 is 2.10 bits per heavy atom. The van der Waals surface area contributed by atoms with E-state index in [-0.39, 0.29) is 11.7 Å². The molecule has 3 heteroatoms. The van der Waals surface area contributed by atoms with E-state index in [0.717, 1.165) is 0 Å². The Labute approximate surface area is 61.2 Å². The van der Waals surface area contributed by atoms with Crippen LogP contribution in [-0.2, 0) is 4.79 Å². The van der Waals surface area contributed by atoms with Gasteiger partial charge in [0.1, 0.15) is 6.10 Å². The lowest BCUT2D eigenvalue weighted by atomic mass is 10.0. The molecule has 0 amide bonds. The van der Waals surface area contributed by atoms with Gasteiger partial charge in [-0.15, -0.1) is 0 Å². The fraction of sp³-hybridized carbons (Fsp3) is 0.857. The summed E-state index contributed by atoms with van der Waals surface area (Å²) < 4.78 is 0. The molecule has 60 valence electrons. The van der Waals surface area contributed by atoms with Crippen molar-refractivity contribution in [2.45, 2.75) is 26.4 Å². The zero-order valence-electron chi connectivity index (χ0n) is 6.50. The van der Waals surface area contributed by atoms with Gasteiger partial charge in [0.05, 0.1) is 0 Å². The lowest BCUT2D eigenvalue weighted by Crippen LogP contribution is -2.27. The molecular formula is C7H15NO2. The first-order valence-electron chi connectivity index (χ1n) is 3.51. The van der Waals surface area contributed by atoms with Crippen molar-refractivity contribution in [3.63, 3.8) is 0 Å².